The highest BCUT2D eigenvalue weighted by Gasteiger charge is 2.22. The number of methoxy groups -OCH3 is 2. The first-order chi connectivity index (χ1) is 21.7. The van der Waals surface area contributed by atoms with Crippen molar-refractivity contribution in [2.24, 2.45) is 0 Å². The third-order valence-corrected chi connectivity index (χ3v) is 7.70. The minimum atomic E-state index is -0.234. The van der Waals surface area contributed by atoms with Gasteiger partial charge < -0.3 is 28.4 Å². The van der Waals surface area contributed by atoms with Crippen molar-refractivity contribution in [3.05, 3.63) is 131 Å². The Labute approximate surface area is 261 Å². The summed E-state index contributed by atoms with van der Waals surface area (Å²) in [6.07, 6.45) is 2.39. The molecule has 44 heavy (non-hydrogen) atoms. The van der Waals surface area contributed by atoms with Crippen LogP contribution in [0.25, 0.3) is 11.1 Å². The van der Waals surface area contributed by atoms with Crippen molar-refractivity contribution < 1.29 is 28.4 Å². The van der Waals surface area contributed by atoms with E-state index in [1.165, 1.54) is 33.4 Å². The van der Waals surface area contributed by atoms with Crippen molar-refractivity contribution in [3.8, 4) is 11.5 Å². The van der Waals surface area contributed by atoms with Crippen molar-refractivity contribution in [1.82, 2.24) is 0 Å². The largest absolute Gasteiger partial charge is 0.491 e. The van der Waals surface area contributed by atoms with E-state index >= 15 is 0 Å². The summed E-state index contributed by atoms with van der Waals surface area (Å²) in [5.74, 6) is 1.72. The van der Waals surface area contributed by atoms with E-state index in [2.05, 4.69) is 72.8 Å². The summed E-state index contributed by atoms with van der Waals surface area (Å²) in [5.41, 5.74) is 8.79. The van der Waals surface area contributed by atoms with E-state index in [1.807, 2.05) is 30.3 Å². The molecule has 0 saturated carbocycles. The molecular formula is C38H42O6. The minimum Gasteiger partial charge on any atom is -0.491 e. The molecule has 0 heterocycles. The molecule has 4 aromatic rings. The highest BCUT2D eigenvalue weighted by atomic mass is 16.7. The van der Waals surface area contributed by atoms with Gasteiger partial charge in [-0.1, -0.05) is 78.9 Å². The third kappa shape index (κ3) is 8.80. The molecule has 0 radical (unpaired) electrons. The average molecular weight is 595 g/mol. The van der Waals surface area contributed by atoms with E-state index in [1.54, 1.807) is 14.2 Å². The number of rotatable bonds is 17. The van der Waals surface area contributed by atoms with Crippen LogP contribution in [0, 0.1) is 0 Å². The molecule has 0 aromatic heterocycles. The van der Waals surface area contributed by atoms with Crippen LogP contribution in [0.5, 0.6) is 11.5 Å². The molecular weight excluding hydrogens is 552 g/mol. The number of hydrogen-bond acceptors (Lipinski definition) is 6. The smallest absolute Gasteiger partial charge is 0.159 e. The van der Waals surface area contributed by atoms with E-state index in [0.29, 0.717) is 46.1 Å². The van der Waals surface area contributed by atoms with Gasteiger partial charge in [0, 0.05) is 20.6 Å². The predicted molar refractivity (Wildman–Crippen MR) is 174 cm³/mol. The quantitative estimate of drug-likeness (QED) is 0.0928. The number of hydrogen-bond donors (Lipinski definition) is 0. The lowest BCUT2D eigenvalue weighted by Crippen LogP contribution is -2.17. The molecule has 0 atom stereocenters. The van der Waals surface area contributed by atoms with Gasteiger partial charge >= 0.3 is 0 Å². The summed E-state index contributed by atoms with van der Waals surface area (Å²) in [5, 5.41) is 0. The third-order valence-electron chi connectivity index (χ3n) is 7.70. The zero-order chi connectivity index (χ0) is 30.4. The normalized spacial score (nSPS) is 12.8. The molecule has 1 aliphatic rings. The molecule has 0 fully saturated rings. The first-order valence-electron chi connectivity index (χ1n) is 15.3. The van der Waals surface area contributed by atoms with Crippen LogP contribution < -0.4 is 9.47 Å². The molecule has 0 aliphatic heterocycles. The van der Waals surface area contributed by atoms with Gasteiger partial charge in [0.2, 0.25) is 0 Å². The molecule has 230 valence electrons. The van der Waals surface area contributed by atoms with Gasteiger partial charge in [0.1, 0.15) is 24.7 Å². The van der Waals surface area contributed by atoms with Gasteiger partial charge in [0.05, 0.1) is 26.4 Å². The Morgan fingerprint density at radius 2 is 1.25 bits per heavy atom. The summed E-state index contributed by atoms with van der Waals surface area (Å²) in [4.78, 5) is 0. The zero-order valence-electron chi connectivity index (χ0n) is 25.7. The van der Waals surface area contributed by atoms with Gasteiger partial charge in [-0.3, -0.25) is 0 Å². The summed E-state index contributed by atoms with van der Waals surface area (Å²) < 4.78 is 33.7. The lowest BCUT2D eigenvalue weighted by Gasteiger charge is -2.25. The molecule has 0 saturated heterocycles. The molecule has 0 N–H and O–H groups in total. The summed E-state index contributed by atoms with van der Waals surface area (Å²) >= 11 is 0. The summed E-state index contributed by atoms with van der Waals surface area (Å²) in [6.45, 7) is 3.13. The van der Waals surface area contributed by atoms with Gasteiger partial charge in [-0.05, 0) is 76.1 Å². The lowest BCUT2D eigenvalue weighted by atomic mass is 9.79. The van der Waals surface area contributed by atoms with Crippen molar-refractivity contribution in [2.45, 2.75) is 32.2 Å². The number of fused-ring (bicyclic) bond motifs is 1. The monoisotopic (exact) mass is 594 g/mol. The summed E-state index contributed by atoms with van der Waals surface area (Å²) in [7, 11) is 3.25. The fourth-order valence-electron chi connectivity index (χ4n) is 5.43. The fourth-order valence-corrected chi connectivity index (χ4v) is 5.43. The topological polar surface area (TPSA) is 55.4 Å². The maximum atomic E-state index is 6.16. The fraction of sp³-hybridized carbons (Fsp3) is 0.316. The summed E-state index contributed by atoms with van der Waals surface area (Å²) in [6, 6.07) is 35.9. The van der Waals surface area contributed by atoms with Gasteiger partial charge in [0.25, 0.3) is 0 Å². The highest BCUT2D eigenvalue weighted by molar-refractivity contribution is 6.00. The Morgan fingerprint density at radius 1 is 0.591 bits per heavy atom. The van der Waals surface area contributed by atoms with Gasteiger partial charge in [0.15, 0.2) is 6.29 Å². The average Bonchev–Trinajstić information content (AvgIpc) is 3.09. The SMILES string of the molecule is COC(CCOCCOCCOc1ccc(C2=C(c3ccccc3)CCc3cc(OCc4ccccc4)ccc32)cc1)OC. The second-order valence-electron chi connectivity index (χ2n) is 10.6. The molecule has 6 heteroatoms. The standard InChI is InChI=1S/C38H42O6/c1-39-37(40-2)21-22-41-23-24-42-25-26-43-33-16-13-31(14-17-33)38-35(30-11-7-4-8-12-30)19-15-32-27-34(18-20-36(32)38)44-28-29-9-5-3-6-10-29/h3-14,16-18,20,27,37H,15,19,21-26,28H2,1-2H3. The van der Waals surface area contributed by atoms with Crippen LogP contribution in [0.15, 0.2) is 103 Å². The molecule has 0 bridgehead atoms. The van der Waals surface area contributed by atoms with Crippen molar-refractivity contribution in [3.63, 3.8) is 0 Å². The first kappa shape index (κ1) is 31.5. The zero-order valence-corrected chi connectivity index (χ0v) is 25.7. The van der Waals surface area contributed by atoms with Crippen LogP contribution in [0.1, 0.15) is 40.7 Å². The predicted octanol–water partition coefficient (Wildman–Crippen LogP) is 7.59. The maximum Gasteiger partial charge on any atom is 0.159 e. The van der Waals surface area contributed by atoms with Gasteiger partial charge in [-0.15, -0.1) is 0 Å². The Hall–Kier alpha value is -3.94. The van der Waals surface area contributed by atoms with Gasteiger partial charge in [-0.25, -0.2) is 0 Å². The number of aryl methyl sites for hydroxylation is 1. The lowest BCUT2D eigenvalue weighted by molar-refractivity contribution is -0.116. The van der Waals surface area contributed by atoms with E-state index in [-0.39, 0.29) is 6.29 Å². The molecule has 0 unspecified atom stereocenters. The highest BCUT2D eigenvalue weighted by Crippen LogP contribution is 2.42. The van der Waals surface area contributed by atoms with E-state index in [0.717, 1.165) is 29.9 Å². The van der Waals surface area contributed by atoms with Crippen LogP contribution in [0.4, 0.5) is 0 Å². The van der Waals surface area contributed by atoms with Crippen molar-refractivity contribution in [2.75, 3.05) is 47.3 Å². The molecule has 6 nitrogen and oxygen atoms in total. The van der Waals surface area contributed by atoms with Crippen LogP contribution >= 0.6 is 0 Å². The van der Waals surface area contributed by atoms with Crippen LogP contribution in [-0.4, -0.2) is 53.5 Å². The Balaban J connectivity index is 1.20. The Kier molecular flexibility index (Phi) is 12.0. The second-order valence-corrected chi connectivity index (χ2v) is 10.6. The Bertz CT molecular complexity index is 1450. The molecule has 5 rings (SSSR count). The number of allylic oxidation sites excluding steroid dienone is 1. The van der Waals surface area contributed by atoms with E-state index < -0.39 is 0 Å². The number of ether oxygens (including phenoxy) is 6. The van der Waals surface area contributed by atoms with E-state index in [9.17, 15) is 0 Å². The molecule has 1 aliphatic carbocycles. The van der Waals surface area contributed by atoms with E-state index in [4.69, 9.17) is 28.4 Å². The second kappa shape index (κ2) is 16.8. The van der Waals surface area contributed by atoms with Gasteiger partial charge in [-0.2, -0.15) is 0 Å². The minimum absolute atomic E-state index is 0.234. The number of benzene rings is 4. The first-order valence-corrected chi connectivity index (χ1v) is 15.3. The van der Waals surface area contributed by atoms with Crippen LogP contribution in [0.2, 0.25) is 0 Å². The van der Waals surface area contributed by atoms with Crippen LogP contribution in [0.3, 0.4) is 0 Å². The Morgan fingerprint density at radius 3 is 1.98 bits per heavy atom. The molecule has 0 spiro atoms. The molecule has 4 aromatic carbocycles. The molecule has 0 amide bonds. The maximum absolute atomic E-state index is 6.16. The van der Waals surface area contributed by atoms with Crippen molar-refractivity contribution in [1.29, 1.82) is 0 Å². The van der Waals surface area contributed by atoms with Crippen LogP contribution in [-0.2, 0) is 32.0 Å². The van der Waals surface area contributed by atoms with Crippen molar-refractivity contribution >= 4 is 11.1 Å².